The van der Waals surface area contributed by atoms with Gasteiger partial charge in [0.05, 0.1) is 12.8 Å². The van der Waals surface area contributed by atoms with E-state index in [1.807, 2.05) is 55.6 Å². The van der Waals surface area contributed by atoms with Crippen LogP contribution in [0.1, 0.15) is 21.6 Å². The molecule has 2 N–H and O–H groups in total. The zero-order valence-corrected chi connectivity index (χ0v) is 12.9. The molecule has 0 aliphatic heterocycles. The van der Waals surface area contributed by atoms with Crippen LogP contribution < -0.4 is 4.74 Å². The summed E-state index contributed by atoms with van der Waals surface area (Å²) in [7, 11) is 1.63. The molecule has 0 unspecified atom stereocenters. The number of hydrogen-bond donors (Lipinski definition) is 2. The number of rotatable bonds is 3. The zero-order valence-electron chi connectivity index (χ0n) is 12.9. The fourth-order valence-corrected chi connectivity index (χ4v) is 2.92. The summed E-state index contributed by atoms with van der Waals surface area (Å²) in [5.41, 5.74) is 4.36. The number of ether oxygens (including phenoxy) is 1. The highest BCUT2D eigenvalue weighted by Crippen LogP contribution is 2.24. The molecule has 4 aromatic rings. The summed E-state index contributed by atoms with van der Waals surface area (Å²) in [4.78, 5) is 19.2. The van der Waals surface area contributed by atoms with E-state index in [4.69, 9.17) is 4.74 Å². The van der Waals surface area contributed by atoms with Gasteiger partial charge in [0.25, 0.3) is 0 Å². The molecule has 0 bridgehead atoms. The van der Waals surface area contributed by atoms with Crippen LogP contribution in [-0.4, -0.2) is 22.9 Å². The molecule has 114 valence electrons. The minimum atomic E-state index is -0.0114. The average molecular weight is 304 g/mol. The van der Waals surface area contributed by atoms with Crippen LogP contribution in [0.3, 0.4) is 0 Å². The van der Waals surface area contributed by atoms with Crippen LogP contribution in [0.4, 0.5) is 0 Å². The van der Waals surface area contributed by atoms with Crippen LogP contribution >= 0.6 is 0 Å². The minimum absolute atomic E-state index is 0.0114. The highest BCUT2D eigenvalue weighted by Gasteiger charge is 2.14. The monoisotopic (exact) mass is 304 g/mol. The van der Waals surface area contributed by atoms with Gasteiger partial charge in [-0.25, -0.2) is 0 Å². The molecule has 4 nitrogen and oxygen atoms in total. The average Bonchev–Trinajstić information content (AvgIpc) is 3.17. The van der Waals surface area contributed by atoms with Gasteiger partial charge in [0.1, 0.15) is 5.75 Å². The van der Waals surface area contributed by atoms with Gasteiger partial charge in [-0.15, -0.1) is 0 Å². The third kappa shape index (κ3) is 2.19. The highest BCUT2D eigenvalue weighted by molar-refractivity contribution is 6.11. The standard InChI is InChI=1S/C19H16N2O2/c1-11-10-20-17-5-3-12(8-15(11)17)19(22)18-9-13-7-14(23-2)4-6-16(13)21-18/h3-10,20-21H,1-2H3. The molecular weight excluding hydrogens is 288 g/mol. The largest absolute Gasteiger partial charge is 0.497 e. The number of H-pyrrole nitrogens is 2. The molecule has 2 aromatic carbocycles. The number of aromatic amines is 2. The predicted molar refractivity (Wildman–Crippen MR) is 91.3 cm³/mol. The summed E-state index contributed by atoms with van der Waals surface area (Å²) >= 11 is 0. The molecule has 0 fully saturated rings. The van der Waals surface area contributed by atoms with Crippen molar-refractivity contribution in [1.29, 1.82) is 0 Å². The topological polar surface area (TPSA) is 57.9 Å². The van der Waals surface area contributed by atoms with Crippen molar-refractivity contribution >= 4 is 27.6 Å². The molecule has 0 aliphatic carbocycles. The van der Waals surface area contributed by atoms with E-state index in [-0.39, 0.29) is 5.78 Å². The van der Waals surface area contributed by atoms with Gasteiger partial charge in [-0.05, 0) is 55.0 Å². The second-order valence-electron chi connectivity index (χ2n) is 5.70. The molecule has 2 heterocycles. The second-order valence-corrected chi connectivity index (χ2v) is 5.70. The highest BCUT2D eigenvalue weighted by atomic mass is 16.5. The van der Waals surface area contributed by atoms with Crippen LogP contribution in [0, 0.1) is 6.92 Å². The Hall–Kier alpha value is -3.01. The number of benzene rings is 2. The van der Waals surface area contributed by atoms with Gasteiger partial charge in [0.15, 0.2) is 0 Å². The summed E-state index contributed by atoms with van der Waals surface area (Å²) in [6, 6.07) is 13.3. The van der Waals surface area contributed by atoms with E-state index in [2.05, 4.69) is 9.97 Å². The van der Waals surface area contributed by atoms with E-state index in [1.165, 1.54) is 0 Å². The molecule has 23 heavy (non-hydrogen) atoms. The second kappa shape index (κ2) is 5.02. The molecule has 2 aromatic heterocycles. The first kappa shape index (κ1) is 13.6. The minimum Gasteiger partial charge on any atom is -0.497 e. The van der Waals surface area contributed by atoms with Gasteiger partial charge in [0.2, 0.25) is 5.78 Å². The van der Waals surface area contributed by atoms with Crippen LogP contribution in [0.15, 0.2) is 48.7 Å². The van der Waals surface area contributed by atoms with Gasteiger partial charge in [0, 0.05) is 33.6 Å². The number of carbonyl (C=O) groups excluding carboxylic acids is 1. The number of fused-ring (bicyclic) bond motifs is 2. The first-order valence-corrected chi connectivity index (χ1v) is 7.45. The Morgan fingerprint density at radius 1 is 1.04 bits per heavy atom. The quantitative estimate of drug-likeness (QED) is 0.557. The molecule has 0 saturated heterocycles. The van der Waals surface area contributed by atoms with Crippen LogP contribution in [0.25, 0.3) is 21.8 Å². The normalized spacial score (nSPS) is 11.2. The number of methoxy groups -OCH3 is 1. The molecule has 0 aliphatic rings. The lowest BCUT2D eigenvalue weighted by atomic mass is 10.0. The predicted octanol–water partition coefficient (Wildman–Crippen LogP) is 4.20. The Kier molecular flexibility index (Phi) is 2.98. The van der Waals surface area contributed by atoms with Gasteiger partial charge in [-0.2, -0.15) is 0 Å². The first-order valence-electron chi connectivity index (χ1n) is 7.45. The maximum Gasteiger partial charge on any atom is 0.209 e. The Morgan fingerprint density at radius 3 is 2.70 bits per heavy atom. The van der Waals surface area contributed by atoms with E-state index in [9.17, 15) is 4.79 Å². The molecular formula is C19H16N2O2. The third-order valence-electron chi connectivity index (χ3n) is 4.22. The lowest BCUT2D eigenvalue weighted by Crippen LogP contribution is -2.01. The Balaban J connectivity index is 1.78. The van der Waals surface area contributed by atoms with E-state index in [0.29, 0.717) is 11.3 Å². The molecule has 4 rings (SSSR count). The van der Waals surface area contributed by atoms with Crippen molar-refractivity contribution < 1.29 is 9.53 Å². The molecule has 0 amide bonds. The summed E-state index contributed by atoms with van der Waals surface area (Å²) in [5.74, 6) is 0.766. The summed E-state index contributed by atoms with van der Waals surface area (Å²) < 4.78 is 5.23. The zero-order chi connectivity index (χ0) is 16.0. The van der Waals surface area contributed by atoms with Crippen LogP contribution in [0.2, 0.25) is 0 Å². The van der Waals surface area contributed by atoms with Crippen molar-refractivity contribution in [2.75, 3.05) is 7.11 Å². The van der Waals surface area contributed by atoms with Crippen LogP contribution in [0.5, 0.6) is 5.75 Å². The smallest absolute Gasteiger partial charge is 0.209 e. The lowest BCUT2D eigenvalue weighted by molar-refractivity contribution is 0.103. The number of hydrogen-bond acceptors (Lipinski definition) is 2. The van der Waals surface area contributed by atoms with Gasteiger partial charge in [-0.1, -0.05) is 0 Å². The molecule has 0 atom stereocenters. The summed E-state index contributed by atoms with van der Waals surface area (Å²) in [6.45, 7) is 2.03. The Labute approximate surface area is 133 Å². The van der Waals surface area contributed by atoms with E-state index in [1.54, 1.807) is 7.11 Å². The van der Waals surface area contributed by atoms with Crippen molar-refractivity contribution in [2.45, 2.75) is 6.92 Å². The number of aromatic nitrogens is 2. The van der Waals surface area contributed by atoms with Crippen molar-refractivity contribution in [1.82, 2.24) is 9.97 Å². The number of ketones is 1. The third-order valence-corrected chi connectivity index (χ3v) is 4.22. The molecule has 0 saturated carbocycles. The Bertz CT molecular complexity index is 1040. The molecule has 0 spiro atoms. The number of carbonyl (C=O) groups is 1. The van der Waals surface area contributed by atoms with Crippen molar-refractivity contribution in [3.63, 3.8) is 0 Å². The lowest BCUT2D eigenvalue weighted by Gasteiger charge is -2.00. The van der Waals surface area contributed by atoms with E-state index < -0.39 is 0 Å². The molecule has 0 radical (unpaired) electrons. The van der Waals surface area contributed by atoms with Crippen molar-refractivity contribution in [3.8, 4) is 5.75 Å². The number of aryl methyl sites for hydroxylation is 1. The SMILES string of the molecule is COc1ccc2[nH]c(C(=O)c3ccc4[nH]cc(C)c4c3)cc2c1. The van der Waals surface area contributed by atoms with E-state index in [0.717, 1.165) is 33.1 Å². The van der Waals surface area contributed by atoms with Crippen molar-refractivity contribution in [2.24, 2.45) is 0 Å². The van der Waals surface area contributed by atoms with Crippen molar-refractivity contribution in [3.05, 3.63) is 65.5 Å². The van der Waals surface area contributed by atoms with E-state index >= 15 is 0 Å². The Morgan fingerprint density at radius 2 is 1.87 bits per heavy atom. The first-order chi connectivity index (χ1) is 11.2. The number of nitrogens with one attached hydrogen (secondary N) is 2. The van der Waals surface area contributed by atoms with Crippen LogP contribution in [-0.2, 0) is 0 Å². The maximum absolute atomic E-state index is 12.8. The van der Waals surface area contributed by atoms with Gasteiger partial charge in [-0.3, -0.25) is 4.79 Å². The maximum atomic E-state index is 12.8. The van der Waals surface area contributed by atoms with Gasteiger partial charge < -0.3 is 14.7 Å². The summed E-state index contributed by atoms with van der Waals surface area (Å²) in [6.07, 6.45) is 1.95. The fourth-order valence-electron chi connectivity index (χ4n) is 2.92. The fraction of sp³-hybridized carbons (Fsp3) is 0.105. The van der Waals surface area contributed by atoms with Gasteiger partial charge >= 0.3 is 0 Å². The molecule has 4 heteroatoms. The summed E-state index contributed by atoms with van der Waals surface area (Å²) in [5, 5.41) is 2.04.